The molecule has 1 heterocycles. The van der Waals surface area contributed by atoms with E-state index in [1.54, 1.807) is 24.3 Å². The second-order valence-corrected chi connectivity index (χ2v) is 6.58. The second kappa shape index (κ2) is 8.61. The first-order valence-electron chi connectivity index (χ1n) is 7.36. The molecule has 1 saturated heterocycles. The summed E-state index contributed by atoms with van der Waals surface area (Å²) in [7, 11) is 0. The van der Waals surface area contributed by atoms with E-state index in [0.29, 0.717) is 23.4 Å². The summed E-state index contributed by atoms with van der Waals surface area (Å²) in [6.45, 7) is 6.15. The average Bonchev–Trinajstić information content (AvgIpc) is 2.45. The Bertz CT molecular complexity index is 478. The number of piperidine rings is 1. The molecule has 0 aliphatic carbocycles. The van der Waals surface area contributed by atoms with E-state index in [9.17, 15) is 4.79 Å². The van der Waals surface area contributed by atoms with E-state index in [-0.39, 0.29) is 30.3 Å². The number of ether oxygens (including phenoxy) is 1. The third kappa shape index (κ3) is 5.67. The number of amides is 1. The molecule has 1 fully saturated rings. The number of rotatable bonds is 5. The van der Waals surface area contributed by atoms with Gasteiger partial charge in [0.05, 0.1) is 0 Å². The van der Waals surface area contributed by atoms with Crippen LogP contribution in [0.5, 0.6) is 5.75 Å². The maximum atomic E-state index is 11.8. The number of hydrogen-bond donors (Lipinski definition) is 2. The molecule has 1 aromatic rings. The predicted molar refractivity (Wildman–Crippen MR) is 92.0 cm³/mol. The van der Waals surface area contributed by atoms with Crippen molar-refractivity contribution in [2.75, 3.05) is 19.7 Å². The molecule has 2 rings (SSSR count). The Balaban J connectivity index is 0.00000242. The van der Waals surface area contributed by atoms with Crippen LogP contribution in [0, 0.1) is 5.41 Å². The quantitative estimate of drug-likeness (QED) is 0.861. The summed E-state index contributed by atoms with van der Waals surface area (Å²) in [6, 6.07) is 7.29. The average molecular weight is 347 g/mol. The molecular formula is C16H24Cl2N2O2. The van der Waals surface area contributed by atoms with E-state index in [4.69, 9.17) is 16.3 Å². The van der Waals surface area contributed by atoms with E-state index in [0.717, 1.165) is 6.54 Å². The number of carbonyl (C=O) groups is 1. The zero-order chi connectivity index (χ0) is 15.3. The fourth-order valence-electron chi connectivity index (χ4n) is 2.57. The van der Waals surface area contributed by atoms with Crippen LogP contribution >= 0.6 is 24.0 Å². The Morgan fingerprint density at radius 2 is 2.09 bits per heavy atom. The van der Waals surface area contributed by atoms with Gasteiger partial charge in [-0.15, -0.1) is 12.4 Å². The molecule has 0 aromatic heterocycles. The summed E-state index contributed by atoms with van der Waals surface area (Å²) in [6.07, 6.45) is 2.37. The van der Waals surface area contributed by atoms with Gasteiger partial charge in [-0.05, 0) is 49.1 Å². The summed E-state index contributed by atoms with van der Waals surface area (Å²) >= 11 is 5.80. The summed E-state index contributed by atoms with van der Waals surface area (Å²) < 4.78 is 5.42. The Morgan fingerprint density at radius 1 is 1.41 bits per heavy atom. The molecule has 0 saturated carbocycles. The molecule has 1 unspecified atom stereocenters. The first kappa shape index (κ1) is 19.1. The Morgan fingerprint density at radius 3 is 2.73 bits per heavy atom. The molecule has 124 valence electrons. The topological polar surface area (TPSA) is 50.4 Å². The van der Waals surface area contributed by atoms with E-state index in [2.05, 4.69) is 24.5 Å². The lowest BCUT2D eigenvalue weighted by atomic mass is 9.77. The maximum Gasteiger partial charge on any atom is 0.257 e. The van der Waals surface area contributed by atoms with Crippen LogP contribution in [-0.2, 0) is 4.79 Å². The van der Waals surface area contributed by atoms with E-state index in [1.165, 1.54) is 12.8 Å². The van der Waals surface area contributed by atoms with Crippen LogP contribution in [0.2, 0.25) is 5.02 Å². The van der Waals surface area contributed by atoms with Gasteiger partial charge in [0, 0.05) is 17.6 Å². The highest BCUT2D eigenvalue weighted by molar-refractivity contribution is 6.30. The number of nitrogens with one attached hydrogen (secondary N) is 2. The van der Waals surface area contributed by atoms with E-state index >= 15 is 0 Å². The zero-order valence-electron chi connectivity index (χ0n) is 13.0. The van der Waals surface area contributed by atoms with Crippen LogP contribution in [0.15, 0.2) is 24.3 Å². The van der Waals surface area contributed by atoms with Crippen LogP contribution in [0.25, 0.3) is 0 Å². The monoisotopic (exact) mass is 346 g/mol. The van der Waals surface area contributed by atoms with Crippen molar-refractivity contribution in [1.82, 2.24) is 10.6 Å². The van der Waals surface area contributed by atoms with Crippen LogP contribution < -0.4 is 15.4 Å². The van der Waals surface area contributed by atoms with Crippen molar-refractivity contribution >= 4 is 29.9 Å². The highest BCUT2D eigenvalue weighted by Gasteiger charge is 2.31. The van der Waals surface area contributed by atoms with E-state index < -0.39 is 0 Å². The van der Waals surface area contributed by atoms with Crippen LogP contribution in [0.4, 0.5) is 0 Å². The molecule has 1 amide bonds. The van der Waals surface area contributed by atoms with Crippen molar-refractivity contribution < 1.29 is 9.53 Å². The van der Waals surface area contributed by atoms with Crippen molar-refractivity contribution in [2.24, 2.45) is 5.41 Å². The molecule has 0 bridgehead atoms. The number of benzene rings is 1. The van der Waals surface area contributed by atoms with Gasteiger partial charge in [0.25, 0.3) is 5.91 Å². The minimum absolute atomic E-state index is 0. The summed E-state index contributed by atoms with van der Waals surface area (Å²) in [5.74, 6) is 0.541. The van der Waals surface area contributed by atoms with Crippen molar-refractivity contribution in [1.29, 1.82) is 0 Å². The normalized spacial score (nSPS) is 19.9. The predicted octanol–water partition coefficient (Wildman–Crippen LogP) is 3.04. The van der Waals surface area contributed by atoms with Gasteiger partial charge in [0.2, 0.25) is 0 Å². The van der Waals surface area contributed by atoms with Crippen molar-refractivity contribution in [3.8, 4) is 5.75 Å². The molecule has 1 aliphatic rings. The van der Waals surface area contributed by atoms with Gasteiger partial charge < -0.3 is 15.4 Å². The summed E-state index contributed by atoms with van der Waals surface area (Å²) in [5.41, 5.74) is 0.211. The lowest BCUT2D eigenvalue weighted by molar-refractivity contribution is -0.123. The third-order valence-corrected chi connectivity index (χ3v) is 4.27. The van der Waals surface area contributed by atoms with Gasteiger partial charge in [-0.2, -0.15) is 0 Å². The highest BCUT2D eigenvalue weighted by atomic mass is 35.5. The molecule has 2 N–H and O–H groups in total. The van der Waals surface area contributed by atoms with Crippen LogP contribution in [0.1, 0.15) is 26.7 Å². The van der Waals surface area contributed by atoms with Crippen molar-refractivity contribution in [3.05, 3.63) is 29.3 Å². The molecule has 22 heavy (non-hydrogen) atoms. The maximum absolute atomic E-state index is 11.8. The van der Waals surface area contributed by atoms with Crippen LogP contribution in [-0.4, -0.2) is 31.6 Å². The lowest BCUT2D eigenvalue weighted by Gasteiger charge is -2.39. The summed E-state index contributed by atoms with van der Waals surface area (Å²) in [4.78, 5) is 11.8. The Labute approximate surface area is 143 Å². The molecule has 0 spiro atoms. The van der Waals surface area contributed by atoms with Crippen molar-refractivity contribution in [2.45, 2.75) is 32.7 Å². The molecule has 1 atom stereocenters. The number of hydrogen-bond acceptors (Lipinski definition) is 3. The standard InChI is InChI=1S/C16H23ClN2O2.ClH/c1-16(2)8-3-9-18-14(16)10-19-15(20)11-21-13-6-4-12(17)5-7-13;/h4-7,14,18H,3,8-11H2,1-2H3,(H,19,20);1H. The summed E-state index contributed by atoms with van der Waals surface area (Å²) in [5, 5.41) is 7.06. The minimum atomic E-state index is -0.104. The van der Waals surface area contributed by atoms with Gasteiger partial charge in [-0.3, -0.25) is 4.79 Å². The largest absolute Gasteiger partial charge is 0.484 e. The molecular weight excluding hydrogens is 323 g/mol. The zero-order valence-corrected chi connectivity index (χ0v) is 14.6. The van der Waals surface area contributed by atoms with E-state index in [1.807, 2.05) is 0 Å². The van der Waals surface area contributed by atoms with Gasteiger partial charge in [-0.25, -0.2) is 0 Å². The molecule has 1 aromatic carbocycles. The van der Waals surface area contributed by atoms with Crippen molar-refractivity contribution in [3.63, 3.8) is 0 Å². The third-order valence-electron chi connectivity index (χ3n) is 4.02. The first-order chi connectivity index (χ1) is 9.97. The fraction of sp³-hybridized carbons (Fsp3) is 0.562. The highest BCUT2D eigenvalue weighted by Crippen LogP contribution is 2.29. The van der Waals surface area contributed by atoms with Gasteiger partial charge in [0.15, 0.2) is 6.61 Å². The van der Waals surface area contributed by atoms with Gasteiger partial charge in [-0.1, -0.05) is 25.4 Å². The second-order valence-electron chi connectivity index (χ2n) is 6.15. The fourth-order valence-corrected chi connectivity index (χ4v) is 2.69. The SMILES string of the molecule is CC1(C)CCCNC1CNC(=O)COc1ccc(Cl)cc1.Cl. The van der Waals surface area contributed by atoms with Gasteiger partial charge >= 0.3 is 0 Å². The first-order valence-corrected chi connectivity index (χ1v) is 7.74. The minimum Gasteiger partial charge on any atom is -0.484 e. The molecule has 4 nitrogen and oxygen atoms in total. The Kier molecular flexibility index (Phi) is 7.46. The van der Waals surface area contributed by atoms with Crippen LogP contribution in [0.3, 0.4) is 0 Å². The molecule has 0 radical (unpaired) electrons. The Hall–Kier alpha value is -0.970. The molecule has 6 heteroatoms. The lowest BCUT2D eigenvalue weighted by Crippen LogP contribution is -2.53. The molecule has 1 aliphatic heterocycles. The van der Waals surface area contributed by atoms with Gasteiger partial charge in [0.1, 0.15) is 5.75 Å². The number of halogens is 2. The number of carbonyl (C=O) groups excluding carboxylic acids is 1. The smallest absolute Gasteiger partial charge is 0.257 e.